The minimum atomic E-state index is 0.281. The van der Waals surface area contributed by atoms with Crippen molar-refractivity contribution in [3.05, 3.63) is 113 Å². The van der Waals surface area contributed by atoms with Gasteiger partial charge in [0.25, 0.3) is 0 Å². The Kier molecular flexibility index (Phi) is 4.26. The van der Waals surface area contributed by atoms with Gasteiger partial charge in [0.05, 0.1) is 0 Å². The molecule has 1 aromatic heterocycles. The average molecular weight is 326 g/mol. The maximum Gasteiger partial charge on any atom is 0.0367 e. The Morgan fingerprint density at radius 1 is 0.708 bits per heavy atom. The first-order chi connectivity index (χ1) is 11.9. The van der Waals surface area contributed by atoms with Crippen molar-refractivity contribution in [2.24, 2.45) is 0 Å². The Balaban J connectivity index is 1.77. The van der Waals surface area contributed by atoms with Gasteiger partial charge in [-0.2, -0.15) is 0 Å². The molecule has 0 aliphatic rings. The molecule has 4 aromatic rings. The van der Waals surface area contributed by atoms with Crippen LogP contribution in [0.2, 0.25) is 0 Å². The third-order valence-electron chi connectivity index (χ3n) is 4.19. The number of allylic oxidation sites excluding steroid dienone is 1. The second-order valence-corrected chi connectivity index (χ2v) is 6.96. The highest BCUT2D eigenvalue weighted by molar-refractivity contribution is 7.19. The van der Waals surface area contributed by atoms with Crippen molar-refractivity contribution in [2.45, 2.75) is 5.92 Å². The Bertz CT molecular complexity index is 916. The quantitative estimate of drug-likeness (QED) is 0.389. The molecule has 0 fully saturated rings. The standard InChI is InChI=1S/C23H18S/c1-3-9-18(10-4-1)15-16-21(19-11-5-2-6-12-19)23-17-20-13-7-8-14-22(20)24-23/h1-17,21H/b16-15+. The van der Waals surface area contributed by atoms with E-state index in [1.807, 2.05) is 11.3 Å². The van der Waals surface area contributed by atoms with Crippen LogP contribution in [-0.4, -0.2) is 0 Å². The van der Waals surface area contributed by atoms with Crippen LogP contribution in [0.15, 0.2) is 97.1 Å². The number of fused-ring (bicyclic) bond motifs is 1. The lowest BCUT2D eigenvalue weighted by atomic mass is 9.96. The molecule has 1 unspecified atom stereocenters. The van der Waals surface area contributed by atoms with Crippen LogP contribution in [0.3, 0.4) is 0 Å². The topological polar surface area (TPSA) is 0 Å². The average Bonchev–Trinajstić information content (AvgIpc) is 3.07. The van der Waals surface area contributed by atoms with Crippen LogP contribution < -0.4 is 0 Å². The zero-order chi connectivity index (χ0) is 16.2. The van der Waals surface area contributed by atoms with E-state index in [9.17, 15) is 0 Å². The molecule has 0 amide bonds. The van der Waals surface area contributed by atoms with Crippen LogP contribution in [-0.2, 0) is 0 Å². The van der Waals surface area contributed by atoms with Crippen molar-refractivity contribution in [2.75, 3.05) is 0 Å². The maximum atomic E-state index is 2.33. The van der Waals surface area contributed by atoms with Crippen molar-refractivity contribution < 1.29 is 0 Å². The number of benzene rings is 3. The highest BCUT2D eigenvalue weighted by Crippen LogP contribution is 2.35. The molecule has 0 spiro atoms. The lowest BCUT2D eigenvalue weighted by molar-refractivity contribution is 1.07. The molecule has 0 bridgehead atoms. The lowest BCUT2D eigenvalue weighted by Crippen LogP contribution is -1.94. The Morgan fingerprint density at radius 3 is 2.12 bits per heavy atom. The third-order valence-corrected chi connectivity index (χ3v) is 5.39. The summed E-state index contributed by atoms with van der Waals surface area (Å²) < 4.78 is 1.35. The largest absolute Gasteiger partial charge is 0.139 e. The number of thiophene rings is 1. The van der Waals surface area contributed by atoms with E-state index in [1.54, 1.807) is 0 Å². The number of hydrogen-bond donors (Lipinski definition) is 0. The Morgan fingerprint density at radius 2 is 1.38 bits per heavy atom. The molecule has 0 aliphatic heterocycles. The molecule has 1 heterocycles. The van der Waals surface area contributed by atoms with Crippen LogP contribution in [0.4, 0.5) is 0 Å². The summed E-state index contributed by atoms with van der Waals surface area (Å²) >= 11 is 1.88. The van der Waals surface area contributed by atoms with Gasteiger partial charge in [-0.3, -0.25) is 0 Å². The molecule has 4 rings (SSSR count). The van der Waals surface area contributed by atoms with Gasteiger partial charge < -0.3 is 0 Å². The number of hydrogen-bond acceptors (Lipinski definition) is 1. The first-order valence-corrected chi connectivity index (χ1v) is 8.98. The molecule has 116 valence electrons. The van der Waals surface area contributed by atoms with Crippen molar-refractivity contribution in [3.8, 4) is 0 Å². The minimum Gasteiger partial charge on any atom is -0.139 e. The van der Waals surface area contributed by atoms with Crippen LogP contribution in [0.1, 0.15) is 21.9 Å². The summed E-state index contributed by atoms with van der Waals surface area (Å²) in [5.74, 6) is 0.281. The van der Waals surface area contributed by atoms with Gasteiger partial charge in [0.1, 0.15) is 0 Å². The van der Waals surface area contributed by atoms with Gasteiger partial charge in [0, 0.05) is 15.5 Å². The summed E-state index contributed by atoms with van der Waals surface area (Å²) in [6.07, 6.45) is 4.54. The van der Waals surface area contributed by atoms with Gasteiger partial charge >= 0.3 is 0 Å². The fourth-order valence-electron chi connectivity index (χ4n) is 2.96. The Hall–Kier alpha value is -2.64. The first kappa shape index (κ1) is 14.9. The maximum absolute atomic E-state index is 2.33. The highest BCUT2D eigenvalue weighted by atomic mass is 32.1. The van der Waals surface area contributed by atoms with Crippen LogP contribution in [0.5, 0.6) is 0 Å². The summed E-state index contributed by atoms with van der Waals surface area (Å²) in [6.45, 7) is 0. The van der Waals surface area contributed by atoms with E-state index < -0.39 is 0 Å². The molecule has 0 saturated heterocycles. The molecular formula is C23H18S. The van der Waals surface area contributed by atoms with Crippen molar-refractivity contribution >= 4 is 27.5 Å². The van der Waals surface area contributed by atoms with Crippen molar-refractivity contribution in [1.82, 2.24) is 0 Å². The van der Waals surface area contributed by atoms with E-state index in [4.69, 9.17) is 0 Å². The molecule has 3 aromatic carbocycles. The van der Waals surface area contributed by atoms with Crippen molar-refractivity contribution in [1.29, 1.82) is 0 Å². The zero-order valence-corrected chi connectivity index (χ0v) is 14.1. The predicted molar refractivity (Wildman–Crippen MR) is 106 cm³/mol. The molecule has 1 heteroatoms. The van der Waals surface area contributed by atoms with E-state index >= 15 is 0 Å². The smallest absolute Gasteiger partial charge is 0.0367 e. The van der Waals surface area contributed by atoms with Crippen LogP contribution in [0.25, 0.3) is 16.2 Å². The molecular weight excluding hydrogens is 308 g/mol. The highest BCUT2D eigenvalue weighted by Gasteiger charge is 2.13. The molecule has 24 heavy (non-hydrogen) atoms. The summed E-state index contributed by atoms with van der Waals surface area (Å²) in [5, 5.41) is 1.33. The van der Waals surface area contributed by atoms with Crippen LogP contribution in [0, 0.1) is 0 Å². The minimum absolute atomic E-state index is 0.281. The first-order valence-electron chi connectivity index (χ1n) is 8.17. The summed E-state index contributed by atoms with van der Waals surface area (Å²) in [6, 6.07) is 32.2. The number of rotatable bonds is 4. The Labute approximate surface area is 146 Å². The normalized spacial score (nSPS) is 12.7. The lowest BCUT2D eigenvalue weighted by Gasteiger charge is -2.11. The van der Waals surface area contributed by atoms with Gasteiger partial charge in [-0.1, -0.05) is 91.0 Å². The molecule has 1 atom stereocenters. The fourth-order valence-corrected chi connectivity index (χ4v) is 4.13. The second-order valence-electron chi connectivity index (χ2n) is 5.84. The second kappa shape index (κ2) is 6.86. The van der Waals surface area contributed by atoms with E-state index in [0.717, 1.165) is 0 Å². The molecule has 0 N–H and O–H groups in total. The van der Waals surface area contributed by atoms with Crippen molar-refractivity contribution in [3.63, 3.8) is 0 Å². The van der Waals surface area contributed by atoms with Gasteiger partial charge in [-0.15, -0.1) is 11.3 Å². The molecule has 0 radical (unpaired) electrons. The van der Waals surface area contributed by atoms with Gasteiger partial charge in [0.15, 0.2) is 0 Å². The van der Waals surface area contributed by atoms with Gasteiger partial charge in [0.2, 0.25) is 0 Å². The van der Waals surface area contributed by atoms with Gasteiger partial charge in [-0.25, -0.2) is 0 Å². The summed E-state index contributed by atoms with van der Waals surface area (Å²) in [7, 11) is 0. The van der Waals surface area contributed by atoms with E-state index in [-0.39, 0.29) is 5.92 Å². The predicted octanol–water partition coefficient (Wildman–Crippen LogP) is 6.75. The van der Waals surface area contributed by atoms with E-state index in [1.165, 1.54) is 26.1 Å². The monoisotopic (exact) mass is 326 g/mol. The summed E-state index contributed by atoms with van der Waals surface area (Å²) in [5.41, 5.74) is 2.57. The summed E-state index contributed by atoms with van der Waals surface area (Å²) in [4.78, 5) is 1.38. The van der Waals surface area contributed by atoms with E-state index in [0.29, 0.717) is 0 Å². The van der Waals surface area contributed by atoms with E-state index in [2.05, 4.69) is 103 Å². The molecule has 0 saturated carbocycles. The fraction of sp³-hybridized carbons (Fsp3) is 0.0435. The molecule has 0 aliphatic carbocycles. The van der Waals surface area contributed by atoms with Gasteiger partial charge in [-0.05, 0) is 28.6 Å². The van der Waals surface area contributed by atoms with Crippen LogP contribution >= 0.6 is 11.3 Å². The molecule has 0 nitrogen and oxygen atoms in total. The zero-order valence-electron chi connectivity index (χ0n) is 13.3. The third kappa shape index (κ3) is 3.17. The SMILES string of the molecule is C(=C\C(c1ccccc1)c1cc2ccccc2s1)/c1ccccc1.